The molecule has 0 saturated carbocycles. The van der Waals surface area contributed by atoms with Crippen molar-refractivity contribution in [2.75, 3.05) is 4.90 Å². The number of ether oxygens (including phenoxy) is 1. The number of hydrogen-bond acceptors (Lipinski definition) is 2. The minimum atomic E-state index is -5.50. The van der Waals surface area contributed by atoms with Gasteiger partial charge >= 0.3 is 18.4 Å². The topological polar surface area (TPSA) is 29.5 Å². The number of carbonyl (C=O) groups is 1. The van der Waals surface area contributed by atoms with Gasteiger partial charge < -0.3 is 4.74 Å². The molecule has 3 nitrogen and oxygen atoms in total. The Kier molecular flexibility index (Phi) is 9.37. The van der Waals surface area contributed by atoms with Crippen LogP contribution in [0.4, 0.5) is 45.6 Å². The van der Waals surface area contributed by atoms with E-state index >= 15 is 0 Å². The highest BCUT2D eigenvalue weighted by Crippen LogP contribution is 2.43. The Labute approximate surface area is 204 Å². The van der Waals surface area contributed by atoms with Gasteiger partial charge in [0.25, 0.3) is 0 Å². The molecule has 0 bridgehead atoms. The molecule has 2 rings (SSSR count). The van der Waals surface area contributed by atoms with Crippen LogP contribution in [0.1, 0.15) is 30.5 Å². The number of amides is 1. The number of alkyl halides is 6. The summed E-state index contributed by atoms with van der Waals surface area (Å²) in [6, 6.07) is 0.847. The molecule has 0 aliphatic rings. The molecule has 180 valence electrons. The van der Waals surface area contributed by atoms with Crippen molar-refractivity contribution in [3.8, 4) is 18.1 Å². The summed E-state index contributed by atoms with van der Waals surface area (Å²) in [5.74, 6) is -2.96. The Morgan fingerprint density at radius 1 is 1.03 bits per heavy atom. The summed E-state index contributed by atoms with van der Waals surface area (Å²) >= 11 is 5.40. The van der Waals surface area contributed by atoms with E-state index in [9.17, 15) is 39.9 Å². The molecule has 0 saturated heterocycles. The van der Waals surface area contributed by atoms with E-state index < -0.39 is 68.5 Å². The number of anilines is 1. The fourth-order valence-electron chi connectivity index (χ4n) is 2.51. The Balaban J connectivity index is 0.00000298. The fourth-order valence-corrected chi connectivity index (χ4v) is 2.67. The van der Waals surface area contributed by atoms with Crippen LogP contribution in [-0.2, 0) is 12.4 Å². The molecule has 0 atom stereocenters. The highest BCUT2D eigenvalue weighted by atomic mass is 35.5. The van der Waals surface area contributed by atoms with Crippen molar-refractivity contribution in [1.29, 1.82) is 0 Å². The monoisotopic (exact) mass is 517 g/mol. The zero-order valence-corrected chi connectivity index (χ0v) is 18.5. The molecule has 15 heteroatoms. The molecule has 0 heterocycles. The first-order valence-corrected chi connectivity index (χ1v) is 9.58. The molecule has 0 aliphatic heterocycles. The lowest BCUT2D eigenvalue weighted by Gasteiger charge is -2.36. The van der Waals surface area contributed by atoms with Crippen LogP contribution in [0.5, 0.6) is 5.75 Å². The summed E-state index contributed by atoms with van der Waals surface area (Å²) in [6.45, 7) is 4.00. The van der Waals surface area contributed by atoms with Crippen LogP contribution in [0.2, 0.25) is 5.02 Å². The first kappa shape index (κ1) is 30.2. The quantitative estimate of drug-likeness (QED) is 0.224. The number of terminal acetylenes is 1. The van der Waals surface area contributed by atoms with Crippen LogP contribution < -0.4 is 9.64 Å². The lowest BCUT2D eigenvalue weighted by atomic mass is 9.48. The summed E-state index contributed by atoms with van der Waals surface area (Å²) in [7, 11) is 16.1. The summed E-state index contributed by atoms with van der Waals surface area (Å²) < 4.78 is 112. The van der Waals surface area contributed by atoms with E-state index in [2.05, 4.69) is 4.74 Å². The number of hydrogen-bond donors (Lipinski definition) is 0. The van der Waals surface area contributed by atoms with Crippen LogP contribution in [0.3, 0.4) is 0 Å². The maximum atomic E-state index is 14.4. The third kappa shape index (κ3) is 6.87. The van der Waals surface area contributed by atoms with E-state index in [0.29, 0.717) is 12.1 Å². The lowest BCUT2D eigenvalue weighted by molar-refractivity contribution is -0.143. The molecule has 0 unspecified atom stereocenters. The van der Waals surface area contributed by atoms with Gasteiger partial charge in [-0.25, -0.2) is 13.6 Å². The second-order valence-electron chi connectivity index (χ2n) is 6.33. The van der Waals surface area contributed by atoms with Gasteiger partial charge in [0.2, 0.25) is 0 Å². The van der Waals surface area contributed by atoms with E-state index in [1.165, 1.54) is 5.92 Å². The molecule has 0 spiro atoms. The van der Waals surface area contributed by atoms with Gasteiger partial charge in [0.1, 0.15) is 16.4 Å². The summed E-state index contributed by atoms with van der Waals surface area (Å²) in [4.78, 5) is 12.5. The Morgan fingerprint density at radius 2 is 1.57 bits per heavy atom. The normalized spacial score (nSPS) is 11.7. The molecular weight excluding hydrogens is 506 g/mol. The van der Waals surface area contributed by atoms with Gasteiger partial charge in [-0.2, -0.15) is 26.3 Å². The van der Waals surface area contributed by atoms with Crippen molar-refractivity contribution in [3.63, 3.8) is 0 Å². The SMILES string of the molecule is CC.[B]C([B])([B])N(C(=O)Oc1c(C#C)cc(C(F)(F)F)cc1C(F)(F)F)c1ccc(F)c(Cl)c1F. The van der Waals surface area contributed by atoms with Crippen LogP contribution in [0, 0.1) is 24.0 Å². The largest absolute Gasteiger partial charge is 0.420 e. The van der Waals surface area contributed by atoms with Crippen molar-refractivity contribution in [3.05, 3.63) is 57.6 Å². The lowest BCUT2D eigenvalue weighted by Crippen LogP contribution is -2.55. The number of rotatable bonds is 3. The highest BCUT2D eigenvalue weighted by Gasteiger charge is 2.42. The average Bonchev–Trinajstić information content (AvgIpc) is 2.73. The van der Waals surface area contributed by atoms with E-state index in [-0.39, 0.29) is 17.0 Å². The molecule has 2 aromatic rings. The molecule has 0 fully saturated rings. The van der Waals surface area contributed by atoms with Crippen molar-refractivity contribution in [2.45, 2.75) is 31.4 Å². The second kappa shape index (κ2) is 10.9. The van der Waals surface area contributed by atoms with Crippen molar-refractivity contribution >= 4 is 46.9 Å². The molecule has 35 heavy (non-hydrogen) atoms. The zero-order valence-electron chi connectivity index (χ0n) is 17.8. The molecule has 6 radical (unpaired) electrons. The fraction of sp³-hybridized carbons (Fsp3) is 0.250. The number of carbonyl (C=O) groups excluding carboxylic acids is 1. The molecule has 1 amide bonds. The van der Waals surface area contributed by atoms with E-state index in [0.717, 1.165) is 0 Å². The third-order valence-corrected chi connectivity index (χ3v) is 4.24. The maximum absolute atomic E-state index is 14.4. The van der Waals surface area contributed by atoms with Gasteiger partial charge in [0.05, 0.1) is 40.4 Å². The van der Waals surface area contributed by atoms with E-state index in [1.807, 2.05) is 13.8 Å². The average molecular weight is 517 g/mol. The predicted molar refractivity (Wildman–Crippen MR) is 116 cm³/mol. The zero-order chi connectivity index (χ0) is 27.5. The Morgan fingerprint density at radius 3 is 2.00 bits per heavy atom. The smallest absolute Gasteiger partial charge is 0.408 e. The van der Waals surface area contributed by atoms with Crippen molar-refractivity contribution in [2.24, 2.45) is 0 Å². The van der Waals surface area contributed by atoms with E-state index in [4.69, 9.17) is 41.6 Å². The third-order valence-electron chi connectivity index (χ3n) is 3.89. The van der Waals surface area contributed by atoms with Gasteiger partial charge in [-0.3, -0.25) is 4.90 Å². The highest BCUT2D eigenvalue weighted by molar-refractivity contribution is 6.62. The van der Waals surface area contributed by atoms with Crippen LogP contribution >= 0.6 is 11.6 Å². The maximum Gasteiger partial charge on any atom is 0.420 e. The number of halogens is 9. The van der Waals surface area contributed by atoms with Crippen molar-refractivity contribution in [1.82, 2.24) is 0 Å². The first-order valence-electron chi connectivity index (χ1n) is 9.20. The summed E-state index contributed by atoms with van der Waals surface area (Å²) in [5.41, 5.74) is -6.05. The van der Waals surface area contributed by atoms with Crippen LogP contribution in [0.25, 0.3) is 0 Å². The van der Waals surface area contributed by atoms with Gasteiger partial charge in [-0.05, 0) is 24.3 Å². The Hall–Kier alpha value is -2.81. The molecule has 2 aromatic carbocycles. The van der Waals surface area contributed by atoms with Crippen LogP contribution in [-0.4, -0.2) is 34.9 Å². The molecular formula is C20H11B3ClF8NO2. The minimum absolute atomic E-state index is 0.109. The number of nitrogens with zero attached hydrogens (tertiary/aromatic N) is 1. The summed E-state index contributed by atoms with van der Waals surface area (Å²) in [5, 5.41) is -4.04. The molecule has 0 aliphatic carbocycles. The van der Waals surface area contributed by atoms with Gasteiger partial charge in [-0.1, -0.05) is 36.6 Å². The summed E-state index contributed by atoms with van der Waals surface area (Å²) in [6.07, 6.45) is -7.74. The molecule has 0 aromatic heterocycles. The Bertz CT molecular complexity index is 1140. The van der Waals surface area contributed by atoms with Crippen LogP contribution in [0.15, 0.2) is 24.3 Å². The second-order valence-corrected chi connectivity index (χ2v) is 6.70. The standard InChI is InChI=1S/C18H5B3ClF8NO2.C2H6/c1-2-7-5-8(16(25,26)27)6-9(17(28,29)30)14(7)33-15(32)31(18(19,20)21)11-4-3-10(23)12(22)13(11)24;1-2/h1,3-6H;1-2H3. The van der Waals surface area contributed by atoms with Crippen molar-refractivity contribution < 1.29 is 44.7 Å². The first-order chi connectivity index (χ1) is 15.9. The van der Waals surface area contributed by atoms with Gasteiger partial charge in [-0.15, -0.1) is 6.42 Å². The van der Waals surface area contributed by atoms with Gasteiger partial charge in [0.15, 0.2) is 11.6 Å². The number of benzene rings is 2. The van der Waals surface area contributed by atoms with E-state index in [1.54, 1.807) is 0 Å². The minimum Gasteiger partial charge on any atom is -0.408 e. The predicted octanol–water partition coefficient (Wildman–Crippen LogP) is 5.79. The molecule has 0 N–H and O–H groups in total. The van der Waals surface area contributed by atoms with Gasteiger partial charge in [0, 0.05) is 0 Å².